The van der Waals surface area contributed by atoms with Crippen LogP contribution >= 0.6 is 0 Å². The molecular formula is C50H31N5O. The fourth-order valence-electron chi connectivity index (χ4n) is 8.86. The topological polar surface area (TPSA) is 53.7 Å². The first-order valence-corrected chi connectivity index (χ1v) is 18.9. The summed E-state index contributed by atoms with van der Waals surface area (Å²) in [4.78, 5) is 0. The summed E-state index contributed by atoms with van der Waals surface area (Å²) in [6.45, 7) is 0. The van der Waals surface area contributed by atoms with Crippen LogP contribution in [-0.2, 0) is 0 Å². The second-order valence-corrected chi connectivity index (χ2v) is 14.2. The van der Waals surface area contributed by atoms with Gasteiger partial charge in [-0.2, -0.15) is 0 Å². The van der Waals surface area contributed by atoms with Gasteiger partial charge in [0.2, 0.25) is 0 Å². The van der Waals surface area contributed by atoms with Crippen LogP contribution in [-0.4, -0.2) is 24.1 Å². The number of rotatable bonds is 5. The van der Waals surface area contributed by atoms with Crippen molar-refractivity contribution in [1.82, 2.24) is 24.1 Å². The molecule has 12 aromatic rings. The van der Waals surface area contributed by atoms with Crippen molar-refractivity contribution in [3.05, 3.63) is 188 Å². The zero-order valence-electron chi connectivity index (χ0n) is 30.0. The van der Waals surface area contributed by atoms with Gasteiger partial charge in [0, 0.05) is 38.1 Å². The Morgan fingerprint density at radius 1 is 0.429 bits per heavy atom. The minimum Gasteiger partial charge on any atom is -0.455 e. The molecule has 4 heterocycles. The van der Waals surface area contributed by atoms with Crippen molar-refractivity contribution in [3.63, 3.8) is 0 Å². The molecule has 262 valence electrons. The van der Waals surface area contributed by atoms with E-state index in [-0.39, 0.29) is 0 Å². The first-order chi connectivity index (χ1) is 27.8. The summed E-state index contributed by atoms with van der Waals surface area (Å²) in [5.41, 5.74) is 13.0. The molecule has 12 rings (SSSR count). The van der Waals surface area contributed by atoms with Crippen molar-refractivity contribution in [1.29, 1.82) is 0 Å². The molecule has 6 heteroatoms. The zero-order chi connectivity index (χ0) is 36.7. The average molecular weight is 718 g/mol. The maximum atomic E-state index is 6.66. The molecule has 0 amide bonds. The van der Waals surface area contributed by atoms with Crippen LogP contribution in [0.4, 0.5) is 0 Å². The Bertz CT molecular complexity index is 3420. The van der Waals surface area contributed by atoms with Gasteiger partial charge >= 0.3 is 0 Å². The summed E-state index contributed by atoms with van der Waals surface area (Å²) in [6, 6.07) is 66.1. The number of furan rings is 1. The highest BCUT2D eigenvalue weighted by Crippen LogP contribution is 2.45. The largest absolute Gasteiger partial charge is 0.455 e. The summed E-state index contributed by atoms with van der Waals surface area (Å²) in [6.07, 6.45) is 0. The average Bonchev–Trinajstić information content (AvgIpc) is 4.04. The van der Waals surface area contributed by atoms with Gasteiger partial charge in [-0.25, -0.2) is 4.68 Å². The number of para-hydroxylation sites is 7. The molecule has 0 spiro atoms. The van der Waals surface area contributed by atoms with E-state index < -0.39 is 0 Å². The second-order valence-electron chi connectivity index (χ2n) is 14.2. The highest BCUT2D eigenvalue weighted by molar-refractivity contribution is 6.24. The third-order valence-corrected chi connectivity index (χ3v) is 11.2. The number of hydrogen-bond donors (Lipinski definition) is 0. The summed E-state index contributed by atoms with van der Waals surface area (Å²) < 4.78 is 13.5. The van der Waals surface area contributed by atoms with Crippen LogP contribution < -0.4 is 0 Å². The van der Waals surface area contributed by atoms with Crippen LogP contribution in [0.5, 0.6) is 0 Å². The molecule has 0 aliphatic carbocycles. The number of hydrogen-bond acceptors (Lipinski definition) is 3. The Balaban J connectivity index is 1.20. The standard InChI is InChI=1S/C50H31N5O/c1-3-16-32(17-4-1)47-49(55(52-51-47)33-18-5-2-6-19-33)39-24-15-23-36-34-20-7-10-25-40(34)54(48(36)39)43-28-13-12-27-42(43)53-41-26-11-8-22-38(41)46-44(53)31-30-37-35-21-9-14-29-45(35)56-50(37)46/h1-31H. The number of nitrogens with zero attached hydrogens (tertiary/aromatic N) is 5. The van der Waals surface area contributed by atoms with E-state index in [2.05, 4.69) is 167 Å². The third kappa shape index (κ3) is 4.32. The molecule has 0 atom stereocenters. The molecular weight excluding hydrogens is 687 g/mol. The Morgan fingerprint density at radius 3 is 1.86 bits per heavy atom. The number of benzene rings is 8. The minimum absolute atomic E-state index is 0.823. The lowest BCUT2D eigenvalue weighted by molar-refractivity contribution is 0.673. The van der Waals surface area contributed by atoms with E-state index in [4.69, 9.17) is 14.7 Å². The van der Waals surface area contributed by atoms with Crippen molar-refractivity contribution in [2.75, 3.05) is 0 Å². The van der Waals surface area contributed by atoms with Crippen molar-refractivity contribution in [2.24, 2.45) is 0 Å². The van der Waals surface area contributed by atoms with Crippen LogP contribution in [0.15, 0.2) is 192 Å². The maximum Gasteiger partial charge on any atom is 0.145 e. The maximum absolute atomic E-state index is 6.66. The third-order valence-electron chi connectivity index (χ3n) is 11.2. The van der Waals surface area contributed by atoms with E-state index >= 15 is 0 Å². The molecule has 0 fully saturated rings. The normalized spacial score (nSPS) is 11.9. The van der Waals surface area contributed by atoms with E-state index in [0.717, 1.165) is 99.7 Å². The highest BCUT2D eigenvalue weighted by atomic mass is 16.3. The molecule has 8 aromatic carbocycles. The molecule has 0 N–H and O–H groups in total. The summed E-state index contributed by atoms with van der Waals surface area (Å²) in [7, 11) is 0. The lowest BCUT2D eigenvalue weighted by atomic mass is 10.0. The van der Waals surface area contributed by atoms with Crippen LogP contribution in [0, 0.1) is 0 Å². The van der Waals surface area contributed by atoms with Crippen molar-refractivity contribution >= 4 is 65.6 Å². The van der Waals surface area contributed by atoms with Crippen molar-refractivity contribution in [2.45, 2.75) is 0 Å². The van der Waals surface area contributed by atoms with Crippen molar-refractivity contribution < 1.29 is 4.42 Å². The predicted octanol–water partition coefficient (Wildman–Crippen LogP) is 12.7. The van der Waals surface area contributed by atoms with Gasteiger partial charge < -0.3 is 13.6 Å². The molecule has 0 aliphatic heterocycles. The molecule has 0 radical (unpaired) electrons. The lowest BCUT2D eigenvalue weighted by Crippen LogP contribution is -2.05. The number of fused-ring (bicyclic) bond motifs is 10. The molecule has 56 heavy (non-hydrogen) atoms. The van der Waals surface area contributed by atoms with Gasteiger partial charge in [0.25, 0.3) is 0 Å². The van der Waals surface area contributed by atoms with Gasteiger partial charge in [-0.1, -0.05) is 139 Å². The van der Waals surface area contributed by atoms with E-state index in [1.54, 1.807) is 0 Å². The van der Waals surface area contributed by atoms with Gasteiger partial charge in [-0.3, -0.25) is 0 Å². The zero-order valence-corrected chi connectivity index (χ0v) is 30.0. The van der Waals surface area contributed by atoms with Crippen LogP contribution in [0.3, 0.4) is 0 Å². The Morgan fingerprint density at radius 2 is 1.05 bits per heavy atom. The summed E-state index contributed by atoms with van der Waals surface area (Å²) >= 11 is 0. The smallest absolute Gasteiger partial charge is 0.145 e. The summed E-state index contributed by atoms with van der Waals surface area (Å²) in [5, 5.41) is 16.5. The van der Waals surface area contributed by atoms with Gasteiger partial charge in [0.05, 0.1) is 44.5 Å². The highest BCUT2D eigenvalue weighted by Gasteiger charge is 2.26. The first-order valence-electron chi connectivity index (χ1n) is 18.9. The monoisotopic (exact) mass is 717 g/mol. The van der Waals surface area contributed by atoms with Crippen LogP contribution in [0.1, 0.15) is 0 Å². The molecule has 0 saturated heterocycles. The quantitative estimate of drug-likeness (QED) is 0.178. The SMILES string of the molecule is c1ccc(-c2nnn(-c3ccccc3)c2-c2cccc3c4ccccc4n(-c4ccccc4-n4c5ccccc5c5c6oc7ccccc7c6ccc54)c23)cc1. The first kappa shape index (κ1) is 30.7. The van der Waals surface area contributed by atoms with E-state index in [0.29, 0.717) is 0 Å². The molecule has 6 nitrogen and oxygen atoms in total. The van der Waals surface area contributed by atoms with Crippen LogP contribution in [0.2, 0.25) is 0 Å². The summed E-state index contributed by atoms with van der Waals surface area (Å²) in [5.74, 6) is 0. The lowest BCUT2D eigenvalue weighted by Gasteiger charge is -2.18. The molecule has 0 unspecified atom stereocenters. The molecule has 0 bridgehead atoms. The Labute approximate surface area is 320 Å². The molecule has 0 aliphatic rings. The second kappa shape index (κ2) is 11.9. The minimum atomic E-state index is 0.823. The van der Waals surface area contributed by atoms with Gasteiger partial charge in [0.15, 0.2) is 0 Å². The van der Waals surface area contributed by atoms with Gasteiger partial charge in [-0.15, -0.1) is 5.10 Å². The van der Waals surface area contributed by atoms with Crippen LogP contribution in [0.25, 0.3) is 105 Å². The van der Waals surface area contributed by atoms with E-state index in [9.17, 15) is 0 Å². The van der Waals surface area contributed by atoms with E-state index in [1.165, 1.54) is 5.39 Å². The van der Waals surface area contributed by atoms with Gasteiger partial charge in [0.1, 0.15) is 22.6 Å². The van der Waals surface area contributed by atoms with Crippen molar-refractivity contribution in [3.8, 4) is 39.6 Å². The fourth-order valence-corrected chi connectivity index (χ4v) is 8.86. The number of aromatic nitrogens is 5. The van der Waals surface area contributed by atoms with Gasteiger partial charge in [-0.05, 0) is 54.6 Å². The predicted molar refractivity (Wildman–Crippen MR) is 228 cm³/mol. The molecule has 4 aromatic heterocycles. The fraction of sp³-hybridized carbons (Fsp3) is 0. The molecule has 0 saturated carbocycles. The Hall–Kier alpha value is -7.70. The van der Waals surface area contributed by atoms with E-state index in [1.807, 2.05) is 35.0 Å². The Kier molecular flexibility index (Phi) is 6.53.